The van der Waals surface area contributed by atoms with E-state index in [2.05, 4.69) is 37.9 Å². The lowest BCUT2D eigenvalue weighted by Gasteiger charge is -2.37. The van der Waals surface area contributed by atoms with Crippen molar-refractivity contribution in [2.45, 2.75) is 71.0 Å². The van der Waals surface area contributed by atoms with Crippen LogP contribution in [0, 0.1) is 0 Å². The lowest BCUT2D eigenvalue weighted by molar-refractivity contribution is 0.109. The van der Waals surface area contributed by atoms with Gasteiger partial charge in [0.05, 0.1) is 6.61 Å². The van der Waals surface area contributed by atoms with Crippen molar-refractivity contribution in [2.24, 2.45) is 0 Å². The summed E-state index contributed by atoms with van der Waals surface area (Å²) in [7, 11) is 0. The third-order valence-corrected chi connectivity index (χ3v) is 3.88. The molecule has 2 unspecified atom stereocenters. The first-order valence-electron chi connectivity index (χ1n) is 7.09. The van der Waals surface area contributed by atoms with Crippen molar-refractivity contribution in [1.29, 1.82) is 0 Å². The molecule has 0 amide bonds. The molecule has 1 fully saturated rings. The van der Waals surface area contributed by atoms with E-state index in [0.717, 1.165) is 13.0 Å². The first-order valence-corrected chi connectivity index (χ1v) is 7.09. The summed E-state index contributed by atoms with van der Waals surface area (Å²) in [6.07, 6.45) is 5.05. The molecular weight excluding hydrogens is 212 g/mol. The van der Waals surface area contributed by atoms with Crippen LogP contribution in [-0.2, 0) is 0 Å². The van der Waals surface area contributed by atoms with Crippen LogP contribution in [0.5, 0.6) is 0 Å². The SMILES string of the molecule is CC(C)NC(C)(CO)CCN1CCCCC1C. The van der Waals surface area contributed by atoms with Crippen LogP contribution in [0.1, 0.15) is 53.4 Å². The van der Waals surface area contributed by atoms with Gasteiger partial charge >= 0.3 is 0 Å². The number of nitrogens with one attached hydrogen (secondary N) is 1. The first kappa shape index (κ1) is 14.9. The van der Waals surface area contributed by atoms with Crippen LogP contribution in [0.15, 0.2) is 0 Å². The fourth-order valence-corrected chi connectivity index (χ4v) is 2.77. The number of likely N-dealkylation sites (tertiary alicyclic amines) is 1. The monoisotopic (exact) mass is 242 g/mol. The second-order valence-corrected chi connectivity index (χ2v) is 6.15. The molecule has 102 valence electrons. The summed E-state index contributed by atoms with van der Waals surface area (Å²) in [5.74, 6) is 0. The number of nitrogens with zero attached hydrogens (tertiary/aromatic N) is 1. The van der Waals surface area contributed by atoms with Gasteiger partial charge in [-0.2, -0.15) is 0 Å². The van der Waals surface area contributed by atoms with Crippen LogP contribution in [0.2, 0.25) is 0 Å². The Kier molecular flexibility index (Phi) is 5.90. The number of piperidine rings is 1. The molecule has 3 heteroatoms. The van der Waals surface area contributed by atoms with Crippen molar-refractivity contribution < 1.29 is 5.11 Å². The quantitative estimate of drug-likeness (QED) is 0.748. The Labute approximate surface area is 107 Å². The molecule has 0 aliphatic carbocycles. The molecule has 0 aromatic carbocycles. The molecule has 1 aliphatic rings. The molecule has 0 saturated carbocycles. The maximum atomic E-state index is 9.55. The Hall–Kier alpha value is -0.120. The van der Waals surface area contributed by atoms with Crippen molar-refractivity contribution in [1.82, 2.24) is 10.2 Å². The highest BCUT2D eigenvalue weighted by atomic mass is 16.3. The Balaban J connectivity index is 2.40. The second-order valence-electron chi connectivity index (χ2n) is 6.15. The molecule has 0 bridgehead atoms. The molecule has 2 atom stereocenters. The molecule has 2 N–H and O–H groups in total. The highest BCUT2D eigenvalue weighted by Crippen LogP contribution is 2.19. The Bertz CT molecular complexity index is 220. The van der Waals surface area contributed by atoms with Crippen LogP contribution in [0.25, 0.3) is 0 Å². The molecule has 1 saturated heterocycles. The van der Waals surface area contributed by atoms with E-state index < -0.39 is 0 Å². The van der Waals surface area contributed by atoms with Crippen molar-refractivity contribution in [3.05, 3.63) is 0 Å². The van der Waals surface area contributed by atoms with E-state index in [1.165, 1.54) is 25.8 Å². The molecule has 0 aromatic heterocycles. The molecule has 17 heavy (non-hydrogen) atoms. The zero-order chi connectivity index (χ0) is 12.9. The average Bonchev–Trinajstić information content (AvgIpc) is 2.27. The maximum Gasteiger partial charge on any atom is 0.0611 e. The molecule has 1 rings (SSSR count). The fraction of sp³-hybridized carbons (Fsp3) is 1.00. The van der Waals surface area contributed by atoms with Crippen LogP contribution >= 0.6 is 0 Å². The number of hydrogen-bond acceptors (Lipinski definition) is 3. The van der Waals surface area contributed by atoms with Crippen molar-refractivity contribution in [2.75, 3.05) is 19.7 Å². The highest BCUT2D eigenvalue weighted by molar-refractivity contribution is 4.86. The summed E-state index contributed by atoms with van der Waals surface area (Å²) in [6, 6.07) is 1.14. The van der Waals surface area contributed by atoms with E-state index in [4.69, 9.17) is 0 Å². The van der Waals surface area contributed by atoms with Gasteiger partial charge in [-0.25, -0.2) is 0 Å². The van der Waals surface area contributed by atoms with Gasteiger partial charge in [0.1, 0.15) is 0 Å². The van der Waals surface area contributed by atoms with Crippen LogP contribution in [-0.4, -0.2) is 47.3 Å². The molecular formula is C14H30N2O. The molecule has 3 nitrogen and oxygen atoms in total. The van der Waals surface area contributed by atoms with Gasteiger partial charge in [-0.1, -0.05) is 20.3 Å². The smallest absolute Gasteiger partial charge is 0.0611 e. The average molecular weight is 242 g/mol. The minimum atomic E-state index is -0.134. The van der Waals surface area contributed by atoms with Gasteiger partial charge in [-0.15, -0.1) is 0 Å². The van der Waals surface area contributed by atoms with Gasteiger partial charge in [-0.05, 0) is 39.7 Å². The topological polar surface area (TPSA) is 35.5 Å². The summed E-state index contributed by atoms with van der Waals surface area (Å²) in [5, 5.41) is 13.0. The van der Waals surface area contributed by atoms with Crippen molar-refractivity contribution >= 4 is 0 Å². The van der Waals surface area contributed by atoms with E-state index in [0.29, 0.717) is 12.1 Å². The van der Waals surface area contributed by atoms with E-state index in [9.17, 15) is 5.11 Å². The third kappa shape index (κ3) is 4.94. The minimum Gasteiger partial charge on any atom is -0.394 e. The number of rotatable bonds is 6. The van der Waals surface area contributed by atoms with Crippen molar-refractivity contribution in [3.63, 3.8) is 0 Å². The van der Waals surface area contributed by atoms with Gasteiger partial charge in [0.15, 0.2) is 0 Å². The van der Waals surface area contributed by atoms with Gasteiger partial charge in [0.25, 0.3) is 0 Å². The van der Waals surface area contributed by atoms with E-state index in [-0.39, 0.29) is 12.1 Å². The van der Waals surface area contributed by atoms with Crippen molar-refractivity contribution in [3.8, 4) is 0 Å². The Morgan fingerprint density at radius 2 is 2.12 bits per heavy atom. The van der Waals surface area contributed by atoms with Gasteiger partial charge in [0.2, 0.25) is 0 Å². The summed E-state index contributed by atoms with van der Waals surface area (Å²) >= 11 is 0. The Morgan fingerprint density at radius 3 is 2.65 bits per heavy atom. The standard InChI is InChI=1S/C14H30N2O/c1-12(2)15-14(4,11-17)8-10-16-9-6-5-7-13(16)3/h12-13,15,17H,5-11H2,1-4H3. The summed E-state index contributed by atoms with van der Waals surface area (Å²) in [4.78, 5) is 2.57. The molecule has 0 radical (unpaired) electrons. The summed E-state index contributed by atoms with van der Waals surface area (Å²) in [5.41, 5.74) is -0.134. The molecule has 1 aliphatic heterocycles. The fourth-order valence-electron chi connectivity index (χ4n) is 2.77. The first-order chi connectivity index (χ1) is 7.97. The zero-order valence-electron chi connectivity index (χ0n) is 12.0. The van der Waals surface area contributed by atoms with Gasteiger partial charge < -0.3 is 15.3 Å². The zero-order valence-corrected chi connectivity index (χ0v) is 12.0. The second kappa shape index (κ2) is 6.72. The van der Waals surface area contributed by atoms with Crippen LogP contribution in [0.3, 0.4) is 0 Å². The van der Waals surface area contributed by atoms with Crippen LogP contribution < -0.4 is 5.32 Å². The van der Waals surface area contributed by atoms with E-state index in [1.807, 2.05) is 0 Å². The summed E-state index contributed by atoms with van der Waals surface area (Å²) < 4.78 is 0. The maximum absolute atomic E-state index is 9.55. The van der Waals surface area contributed by atoms with Gasteiger partial charge in [0, 0.05) is 24.2 Å². The largest absolute Gasteiger partial charge is 0.394 e. The predicted molar refractivity (Wildman–Crippen MR) is 73.3 cm³/mol. The third-order valence-electron chi connectivity index (χ3n) is 3.88. The molecule has 1 heterocycles. The molecule has 0 spiro atoms. The van der Waals surface area contributed by atoms with Crippen LogP contribution in [0.4, 0.5) is 0 Å². The highest BCUT2D eigenvalue weighted by Gasteiger charge is 2.26. The number of hydrogen-bond donors (Lipinski definition) is 2. The minimum absolute atomic E-state index is 0.134. The summed E-state index contributed by atoms with van der Waals surface area (Å²) in [6.45, 7) is 11.3. The van der Waals surface area contributed by atoms with Gasteiger partial charge in [-0.3, -0.25) is 0 Å². The Morgan fingerprint density at radius 1 is 1.41 bits per heavy atom. The normalized spacial score (nSPS) is 26.1. The lowest BCUT2D eigenvalue weighted by Crippen LogP contribution is -2.51. The number of aliphatic hydroxyl groups is 1. The lowest BCUT2D eigenvalue weighted by atomic mass is 9.95. The predicted octanol–water partition coefficient (Wildman–Crippen LogP) is 2.00. The van der Waals surface area contributed by atoms with E-state index in [1.54, 1.807) is 0 Å². The molecule has 0 aromatic rings. The van der Waals surface area contributed by atoms with E-state index >= 15 is 0 Å². The number of aliphatic hydroxyl groups excluding tert-OH is 1.